The Morgan fingerprint density at radius 3 is 2.62 bits per heavy atom. The fraction of sp³-hybridized carbons (Fsp3) is 0.450. The molecule has 0 spiro atoms. The fourth-order valence-corrected chi connectivity index (χ4v) is 4.20. The van der Waals surface area contributed by atoms with Gasteiger partial charge in [-0.2, -0.15) is 0 Å². The van der Waals surface area contributed by atoms with Gasteiger partial charge in [0.15, 0.2) is 0 Å². The van der Waals surface area contributed by atoms with Gasteiger partial charge in [0.1, 0.15) is 12.2 Å². The van der Waals surface area contributed by atoms with E-state index in [1.807, 2.05) is 6.92 Å². The van der Waals surface area contributed by atoms with E-state index >= 15 is 0 Å². The van der Waals surface area contributed by atoms with Crippen LogP contribution in [0.4, 0.5) is 0 Å². The van der Waals surface area contributed by atoms with Crippen LogP contribution in [0.2, 0.25) is 0 Å². The number of fused-ring (bicyclic) bond motifs is 3. The van der Waals surface area contributed by atoms with Gasteiger partial charge in [0.2, 0.25) is 5.78 Å². The van der Waals surface area contributed by atoms with Crippen molar-refractivity contribution in [3.8, 4) is 0 Å². The number of ketones is 1. The monoisotopic (exact) mass is 376 g/mol. The van der Waals surface area contributed by atoms with Gasteiger partial charge in [0.25, 0.3) is 0 Å². The van der Waals surface area contributed by atoms with E-state index in [2.05, 4.69) is 6.58 Å². The van der Waals surface area contributed by atoms with E-state index in [0.717, 1.165) is 5.57 Å². The molecule has 5 nitrogen and oxygen atoms in total. The molecule has 0 N–H and O–H groups in total. The summed E-state index contributed by atoms with van der Waals surface area (Å²) in [6.07, 6.45) is 0.720. The SMILES string of the molecule is C=C1C(=O)O[C@H]2[C@H]3C(C)=C(Cl)C(=O)C3=C(C)C[C@H](OC(=O)/C(C)=C\C)[C@H]12. The number of ether oxygens (including phenoxy) is 2. The van der Waals surface area contributed by atoms with Crippen molar-refractivity contribution in [2.24, 2.45) is 11.8 Å². The standard InChI is InChI=1S/C20H21ClO5/c1-6-8(2)19(23)25-12-7-9(3)13-15(10(4)16(21)17(13)22)18-14(12)11(5)20(24)26-18/h6,12,14-15,18H,5,7H2,1-4H3/b8-6-/t12-,14-,15-,18+/m0/s1. The minimum Gasteiger partial charge on any atom is -0.458 e. The van der Waals surface area contributed by atoms with Gasteiger partial charge in [0, 0.05) is 29.1 Å². The Kier molecular flexibility index (Phi) is 4.69. The van der Waals surface area contributed by atoms with E-state index in [1.165, 1.54) is 0 Å². The van der Waals surface area contributed by atoms with Crippen LogP contribution in [0.15, 0.2) is 45.6 Å². The molecule has 0 aromatic heterocycles. The number of allylic oxidation sites excluding steroid dienone is 2. The van der Waals surface area contributed by atoms with Crippen molar-refractivity contribution in [2.75, 3.05) is 0 Å². The van der Waals surface area contributed by atoms with Crippen LogP contribution in [-0.4, -0.2) is 29.9 Å². The summed E-state index contributed by atoms with van der Waals surface area (Å²) in [7, 11) is 0. The highest BCUT2D eigenvalue weighted by molar-refractivity contribution is 6.47. The number of hydrogen-bond acceptors (Lipinski definition) is 5. The van der Waals surface area contributed by atoms with Crippen LogP contribution in [0.3, 0.4) is 0 Å². The number of carbonyl (C=O) groups is 3. The molecule has 0 radical (unpaired) electrons. The zero-order valence-electron chi connectivity index (χ0n) is 15.2. The maximum atomic E-state index is 12.6. The third-order valence-corrected chi connectivity index (χ3v) is 6.01. The Morgan fingerprint density at radius 2 is 2.00 bits per heavy atom. The van der Waals surface area contributed by atoms with Gasteiger partial charge in [-0.1, -0.05) is 29.8 Å². The molecule has 26 heavy (non-hydrogen) atoms. The molecule has 0 bridgehead atoms. The summed E-state index contributed by atoms with van der Waals surface area (Å²) in [6, 6.07) is 0. The zero-order chi connectivity index (χ0) is 19.3. The minimum atomic E-state index is -0.647. The van der Waals surface area contributed by atoms with Crippen molar-refractivity contribution in [1.82, 2.24) is 0 Å². The largest absolute Gasteiger partial charge is 0.458 e. The molecule has 0 saturated carbocycles. The second-order valence-corrected chi connectivity index (χ2v) is 7.42. The quantitative estimate of drug-likeness (QED) is 0.545. The lowest BCUT2D eigenvalue weighted by molar-refractivity contribution is -0.148. The summed E-state index contributed by atoms with van der Waals surface area (Å²) in [5.41, 5.74) is 2.77. The number of esters is 2. The molecule has 3 rings (SSSR count). The summed E-state index contributed by atoms with van der Waals surface area (Å²) in [5.74, 6) is -2.15. The molecule has 1 heterocycles. The Labute approximate surface area is 157 Å². The van der Waals surface area contributed by atoms with Gasteiger partial charge >= 0.3 is 11.9 Å². The Balaban J connectivity index is 2.07. The van der Waals surface area contributed by atoms with Crippen LogP contribution >= 0.6 is 11.6 Å². The summed E-state index contributed by atoms with van der Waals surface area (Å²) in [6.45, 7) is 10.9. The number of hydrogen-bond donors (Lipinski definition) is 0. The van der Waals surface area contributed by atoms with E-state index in [-0.39, 0.29) is 16.4 Å². The van der Waals surface area contributed by atoms with Gasteiger partial charge < -0.3 is 9.47 Å². The first kappa shape index (κ1) is 18.6. The Bertz CT molecular complexity index is 829. The smallest absolute Gasteiger partial charge is 0.334 e. The number of carbonyl (C=O) groups excluding carboxylic acids is 3. The predicted octanol–water partition coefficient (Wildman–Crippen LogP) is 3.39. The first-order chi connectivity index (χ1) is 12.2. The van der Waals surface area contributed by atoms with Crippen LogP contribution in [0.25, 0.3) is 0 Å². The Morgan fingerprint density at radius 1 is 1.35 bits per heavy atom. The molecule has 3 aliphatic rings. The minimum absolute atomic E-state index is 0.178. The molecular weight excluding hydrogens is 356 g/mol. The van der Waals surface area contributed by atoms with Gasteiger partial charge in [-0.05, 0) is 33.3 Å². The zero-order valence-corrected chi connectivity index (χ0v) is 16.0. The third kappa shape index (κ3) is 2.65. The van der Waals surface area contributed by atoms with Crippen molar-refractivity contribution in [3.63, 3.8) is 0 Å². The molecule has 4 atom stereocenters. The van der Waals surface area contributed by atoms with E-state index in [4.69, 9.17) is 21.1 Å². The van der Waals surface area contributed by atoms with Crippen LogP contribution in [0.1, 0.15) is 34.1 Å². The highest BCUT2D eigenvalue weighted by Crippen LogP contribution is 2.50. The van der Waals surface area contributed by atoms with E-state index in [9.17, 15) is 14.4 Å². The molecule has 0 unspecified atom stereocenters. The van der Waals surface area contributed by atoms with E-state index < -0.39 is 36.0 Å². The van der Waals surface area contributed by atoms with Crippen molar-refractivity contribution in [2.45, 2.75) is 46.3 Å². The average molecular weight is 377 g/mol. The first-order valence-corrected chi connectivity index (χ1v) is 8.91. The Hall–Kier alpha value is -2.14. The summed E-state index contributed by atoms with van der Waals surface area (Å²) >= 11 is 6.19. The topological polar surface area (TPSA) is 69.7 Å². The summed E-state index contributed by atoms with van der Waals surface area (Å²) < 4.78 is 11.3. The highest BCUT2D eigenvalue weighted by atomic mass is 35.5. The number of halogens is 1. The molecule has 138 valence electrons. The second kappa shape index (κ2) is 6.54. The van der Waals surface area contributed by atoms with Crippen molar-refractivity contribution >= 4 is 29.3 Å². The van der Waals surface area contributed by atoms with Crippen LogP contribution in [0, 0.1) is 11.8 Å². The molecule has 1 aliphatic heterocycles. The number of Topliss-reactive ketones (excluding diaryl/α,β-unsaturated/α-hetero) is 1. The molecule has 2 aliphatic carbocycles. The maximum Gasteiger partial charge on any atom is 0.334 e. The first-order valence-electron chi connectivity index (χ1n) is 8.53. The lowest BCUT2D eigenvalue weighted by atomic mass is 9.82. The summed E-state index contributed by atoms with van der Waals surface area (Å²) in [4.78, 5) is 37.1. The molecule has 1 fully saturated rings. The van der Waals surface area contributed by atoms with Gasteiger partial charge in [-0.3, -0.25) is 4.79 Å². The molecule has 1 saturated heterocycles. The van der Waals surface area contributed by atoms with Crippen LogP contribution in [-0.2, 0) is 23.9 Å². The normalized spacial score (nSPS) is 31.7. The molecule has 0 aromatic rings. The highest BCUT2D eigenvalue weighted by Gasteiger charge is 2.55. The number of rotatable bonds is 2. The predicted molar refractivity (Wildman–Crippen MR) is 96.2 cm³/mol. The third-order valence-electron chi connectivity index (χ3n) is 5.54. The van der Waals surface area contributed by atoms with E-state index in [0.29, 0.717) is 23.1 Å². The van der Waals surface area contributed by atoms with Gasteiger partial charge in [-0.15, -0.1) is 0 Å². The second-order valence-electron chi connectivity index (χ2n) is 7.04. The van der Waals surface area contributed by atoms with Crippen LogP contribution in [0.5, 0.6) is 0 Å². The maximum absolute atomic E-state index is 12.6. The van der Waals surface area contributed by atoms with Crippen molar-refractivity contribution in [3.05, 3.63) is 45.6 Å². The van der Waals surface area contributed by atoms with Crippen molar-refractivity contribution < 1.29 is 23.9 Å². The molecule has 6 heteroatoms. The van der Waals surface area contributed by atoms with Crippen molar-refractivity contribution in [1.29, 1.82) is 0 Å². The average Bonchev–Trinajstić information content (AvgIpc) is 2.96. The molecular formula is C20H21ClO5. The fourth-order valence-electron chi connectivity index (χ4n) is 3.98. The van der Waals surface area contributed by atoms with Gasteiger partial charge in [-0.25, -0.2) is 9.59 Å². The molecule has 0 aromatic carbocycles. The van der Waals surface area contributed by atoms with E-state index in [1.54, 1.807) is 26.8 Å². The summed E-state index contributed by atoms with van der Waals surface area (Å²) in [5, 5.41) is 0.178. The lowest BCUT2D eigenvalue weighted by Gasteiger charge is -2.28. The van der Waals surface area contributed by atoms with Crippen LogP contribution < -0.4 is 0 Å². The lowest BCUT2D eigenvalue weighted by Crippen LogP contribution is -2.36. The molecule has 0 amide bonds. The van der Waals surface area contributed by atoms with Gasteiger partial charge in [0.05, 0.1) is 11.0 Å².